The van der Waals surface area contributed by atoms with E-state index < -0.39 is 10.9 Å². The van der Waals surface area contributed by atoms with E-state index in [1.807, 2.05) is 0 Å². The number of esters is 1. The van der Waals surface area contributed by atoms with E-state index in [4.69, 9.17) is 16.3 Å². The lowest BCUT2D eigenvalue weighted by atomic mass is 10.3. The molecule has 0 radical (unpaired) electrons. The van der Waals surface area contributed by atoms with Crippen LogP contribution in [0.15, 0.2) is 30.6 Å². The van der Waals surface area contributed by atoms with Crippen molar-refractivity contribution in [3.05, 3.63) is 51.4 Å². The first-order valence-corrected chi connectivity index (χ1v) is 5.91. The van der Waals surface area contributed by atoms with Crippen molar-refractivity contribution in [2.24, 2.45) is 0 Å². The molecule has 0 saturated heterocycles. The Balaban J connectivity index is 2.36. The van der Waals surface area contributed by atoms with Crippen LogP contribution in [0.25, 0.3) is 0 Å². The van der Waals surface area contributed by atoms with E-state index in [-0.39, 0.29) is 28.0 Å². The number of hydrogen-bond donors (Lipinski definition) is 0. The number of carbonyl (C=O) groups excluding carboxylic acids is 1. The van der Waals surface area contributed by atoms with E-state index in [1.54, 1.807) is 0 Å². The average molecular weight is 310 g/mol. The van der Waals surface area contributed by atoms with Gasteiger partial charge in [-0.15, -0.1) is 0 Å². The number of ether oxygens (including phenoxy) is 2. The standard InChI is InChI=1S/C12H8ClN3O5/c1-20-12(17)8-5-14-6-11(15-8)21-10-4-7(13)2-3-9(10)16(18)19/h2-6H,1H3. The summed E-state index contributed by atoms with van der Waals surface area (Å²) in [4.78, 5) is 29.2. The van der Waals surface area contributed by atoms with Gasteiger partial charge < -0.3 is 9.47 Å². The zero-order chi connectivity index (χ0) is 15.4. The zero-order valence-electron chi connectivity index (χ0n) is 10.6. The minimum absolute atomic E-state index is 0.0836. The van der Waals surface area contributed by atoms with Crippen LogP contribution in [0.3, 0.4) is 0 Å². The highest BCUT2D eigenvalue weighted by Crippen LogP contribution is 2.32. The smallest absolute Gasteiger partial charge is 0.358 e. The molecule has 0 bridgehead atoms. The third-order valence-electron chi connectivity index (χ3n) is 2.34. The number of benzene rings is 1. The van der Waals surface area contributed by atoms with Crippen LogP contribution < -0.4 is 4.74 Å². The largest absolute Gasteiger partial charge is 0.464 e. The molecule has 2 rings (SSSR count). The van der Waals surface area contributed by atoms with E-state index in [2.05, 4.69) is 14.7 Å². The van der Waals surface area contributed by atoms with Gasteiger partial charge in [-0.25, -0.2) is 9.78 Å². The minimum Gasteiger partial charge on any atom is -0.464 e. The fraction of sp³-hybridized carbons (Fsp3) is 0.0833. The molecule has 0 spiro atoms. The first-order chi connectivity index (χ1) is 10.0. The van der Waals surface area contributed by atoms with Crippen molar-refractivity contribution in [3.8, 4) is 11.6 Å². The predicted octanol–water partition coefficient (Wildman–Crippen LogP) is 2.62. The molecule has 21 heavy (non-hydrogen) atoms. The summed E-state index contributed by atoms with van der Waals surface area (Å²) >= 11 is 5.78. The molecule has 2 aromatic rings. The van der Waals surface area contributed by atoms with Gasteiger partial charge >= 0.3 is 11.7 Å². The van der Waals surface area contributed by atoms with Gasteiger partial charge in [-0.2, -0.15) is 0 Å². The Bertz CT molecular complexity index is 707. The third-order valence-corrected chi connectivity index (χ3v) is 2.58. The first kappa shape index (κ1) is 14.7. The summed E-state index contributed by atoms with van der Waals surface area (Å²) < 4.78 is 9.78. The summed E-state index contributed by atoms with van der Waals surface area (Å²) in [5, 5.41) is 11.2. The third kappa shape index (κ3) is 3.42. The van der Waals surface area contributed by atoms with Crippen LogP contribution in [0.4, 0.5) is 5.69 Å². The van der Waals surface area contributed by atoms with E-state index >= 15 is 0 Å². The van der Waals surface area contributed by atoms with E-state index in [0.717, 1.165) is 0 Å². The average Bonchev–Trinajstić information content (AvgIpc) is 2.46. The van der Waals surface area contributed by atoms with Crippen LogP contribution in [-0.2, 0) is 4.74 Å². The fourth-order valence-electron chi connectivity index (χ4n) is 1.43. The van der Waals surface area contributed by atoms with Crippen LogP contribution >= 0.6 is 11.6 Å². The molecule has 0 aliphatic heterocycles. The molecule has 8 nitrogen and oxygen atoms in total. The second kappa shape index (κ2) is 6.14. The monoisotopic (exact) mass is 309 g/mol. The lowest BCUT2D eigenvalue weighted by Gasteiger charge is -2.06. The molecule has 0 aliphatic carbocycles. The normalized spacial score (nSPS) is 10.0. The van der Waals surface area contributed by atoms with E-state index in [0.29, 0.717) is 0 Å². The van der Waals surface area contributed by atoms with Gasteiger partial charge in [0.25, 0.3) is 0 Å². The molecule has 1 aromatic heterocycles. The molecule has 1 aromatic carbocycles. The summed E-state index contributed by atoms with van der Waals surface area (Å²) in [6.07, 6.45) is 2.39. The molecule has 0 amide bonds. The fourth-order valence-corrected chi connectivity index (χ4v) is 1.60. The molecule has 108 valence electrons. The number of carbonyl (C=O) groups is 1. The topological polar surface area (TPSA) is 104 Å². The molecular weight excluding hydrogens is 302 g/mol. The Morgan fingerprint density at radius 1 is 1.38 bits per heavy atom. The number of nitro benzene ring substituents is 1. The van der Waals surface area contributed by atoms with Crippen molar-refractivity contribution in [1.29, 1.82) is 0 Å². The number of halogens is 1. The quantitative estimate of drug-likeness (QED) is 0.485. The Kier molecular flexibility index (Phi) is 4.29. The van der Waals surface area contributed by atoms with Crippen molar-refractivity contribution in [2.45, 2.75) is 0 Å². The van der Waals surface area contributed by atoms with Crippen molar-refractivity contribution >= 4 is 23.3 Å². The second-order valence-electron chi connectivity index (χ2n) is 3.71. The maximum absolute atomic E-state index is 11.3. The van der Waals surface area contributed by atoms with Gasteiger partial charge in [0.2, 0.25) is 11.6 Å². The number of methoxy groups -OCH3 is 1. The summed E-state index contributed by atoms with van der Waals surface area (Å²) in [7, 11) is 1.19. The van der Waals surface area contributed by atoms with Crippen molar-refractivity contribution in [2.75, 3.05) is 7.11 Å². The highest BCUT2D eigenvalue weighted by molar-refractivity contribution is 6.30. The molecule has 0 unspecified atom stereocenters. The Labute approximate surface area is 123 Å². The number of nitro groups is 1. The van der Waals surface area contributed by atoms with Gasteiger partial charge in [0.05, 0.1) is 24.4 Å². The summed E-state index contributed by atoms with van der Waals surface area (Å²) in [5.74, 6) is -0.902. The van der Waals surface area contributed by atoms with Gasteiger partial charge in [0.15, 0.2) is 5.69 Å². The highest BCUT2D eigenvalue weighted by Gasteiger charge is 2.18. The minimum atomic E-state index is -0.700. The molecule has 0 atom stereocenters. The van der Waals surface area contributed by atoms with Gasteiger partial charge in [-0.3, -0.25) is 15.1 Å². The van der Waals surface area contributed by atoms with Crippen LogP contribution in [0, 0.1) is 10.1 Å². The molecule has 0 aliphatic rings. The van der Waals surface area contributed by atoms with Crippen LogP contribution in [0.2, 0.25) is 5.02 Å². The maximum atomic E-state index is 11.3. The molecule has 1 heterocycles. The van der Waals surface area contributed by atoms with E-state index in [9.17, 15) is 14.9 Å². The lowest BCUT2D eigenvalue weighted by molar-refractivity contribution is -0.385. The van der Waals surface area contributed by atoms with Crippen molar-refractivity contribution < 1.29 is 19.2 Å². The maximum Gasteiger partial charge on any atom is 0.358 e. The van der Waals surface area contributed by atoms with Crippen LogP contribution in [0.5, 0.6) is 11.6 Å². The highest BCUT2D eigenvalue weighted by atomic mass is 35.5. The van der Waals surface area contributed by atoms with Crippen LogP contribution in [0.1, 0.15) is 10.5 Å². The molecular formula is C12H8ClN3O5. The Morgan fingerprint density at radius 3 is 2.81 bits per heavy atom. The Morgan fingerprint density at radius 2 is 2.14 bits per heavy atom. The van der Waals surface area contributed by atoms with Crippen molar-refractivity contribution in [1.82, 2.24) is 9.97 Å². The number of aromatic nitrogens is 2. The summed E-state index contributed by atoms with van der Waals surface area (Å²) in [6, 6.07) is 3.84. The molecule has 9 heteroatoms. The predicted molar refractivity (Wildman–Crippen MR) is 71.6 cm³/mol. The van der Waals surface area contributed by atoms with Gasteiger partial charge in [-0.1, -0.05) is 11.6 Å². The summed E-state index contributed by atoms with van der Waals surface area (Å²) in [5.41, 5.74) is -0.371. The van der Waals surface area contributed by atoms with Crippen LogP contribution in [-0.4, -0.2) is 28.0 Å². The van der Waals surface area contributed by atoms with Gasteiger partial charge in [0, 0.05) is 17.2 Å². The second-order valence-corrected chi connectivity index (χ2v) is 4.14. The van der Waals surface area contributed by atoms with Gasteiger partial charge in [-0.05, 0) is 6.07 Å². The Hall–Kier alpha value is -2.74. The lowest BCUT2D eigenvalue weighted by Crippen LogP contribution is -2.05. The van der Waals surface area contributed by atoms with Gasteiger partial charge in [0.1, 0.15) is 0 Å². The number of rotatable bonds is 4. The number of nitrogens with zero attached hydrogens (tertiary/aromatic N) is 3. The molecule has 0 N–H and O–H groups in total. The molecule has 0 saturated carbocycles. The first-order valence-electron chi connectivity index (χ1n) is 5.53. The zero-order valence-corrected chi connectivity index (χ0v) is 11.4. The van der Waals surface area contributed by atoms with E-state index in [1.165, 1.54) is 37.7 Å². The van der Waals surface area contributed by atoms with Crippen molar-refractivity contribution in [3.63, 3.8) is 0 Å². The molecule has 0 fully saturated rings. The number of hydrogen-bond acceptors (Lipinski definition) is 7. The summed E-state index contributed by atoms with van der Waals surface area (Å²) in [6.45, 7) is 0. The SMILES string of the molecule is COC(=O)c1cncc(Oc2cc(Cl)ccc2[N+](=O)[O-])n1.